The summed E-state index contributed by atoms with van der Waals surface area (Å²) >= 11 is 6.11. The molecule has 2 aromatic carbocycles. The van der Waals surface area contributed by atoms with E-state index in [-0.39, 0.29) is 0 Å². The number of hydrazone groups is 1. The highest BCUT2D eigenvalue weighted by atomic mass is 35.5. The van der Waals surface area contributed by atoms with Crippen LogP contribution in [0.5, 0.6) is 11.5 Å². The number of amides is 2. The molecule has 0 spiro atoms. The smallest absolute Gasteiger partial charge is 0.339 e. The number of nitrogens with one attached hydrogen (secondary N) is 2. The van der Waals surface area contributed by atoms with Crippen molar-refractivity contribution in [1.82, 2.24) is 5.43 Å². The molecule has 0 saturated heterocycles. The van der Waals surface area contributed by atoms with E-state index < -0.39 is 6.03 Å². The first-order valence-corrected chi connectivity index (χ1v) is 7.50. The highest BCUT2D eigenvalue weighted by Crippen LogP contribution is 2.35. The fraction of sp³-hybridized carbons (Fsp3) is 0.176. The Bertz CT molecular complexity index is 763. The van der Waals surface area contributed by atoms with Gasteiger partial charge in [-0.25, -0.2) is 10.2 Å². The number of para-hydroxylation sites is 1. The van der Waals surface area contributed by atoms with Crippen LogP contribution in [0.4, 0.5) is 10.5 Å². The maximum absolute atomic E-state index is 11.8. The number of carbonyl (C=O) groups excluding carboxylic acids is 1. The molecular weight excluding hydrogens is 330 g/mol. The minimum Gasteiger partial charge on any atom is -0.493 e. The summed E-state index contributed by atoms with van der Waals surface area (Å²) in [6, 6.07) is 10.4. The lowest BCUT2D eigenvalue weighted by Crippen LogP contribution is -2.24. The van der Waals surface area contributed by atoms with Gasteiger partial charge in [-0.05, 0) is 36.2 Å². The number of hydrogen-bond donors (Lipinski definition) is 2. The molecule has 0 bridgehead atoms. The first-order chi connectivity index (χ1) is 11.5. The Kier molecular flexibility index (Phi) is 6.03. The fourth-order valence-electron chi connectivity index (χ4n) is 2.04. The van der Waals surface area contributed by atoms with Crippen molar-refractivity contribution in [1.29, 1.82) is 0 Å². The zero-order valence-corrected chi connectivity index (χ0v) is 14.3. The number of carbonyl (C=O) groups is 1. The third kappa shape index (κ3) is 4.39. The molecule has 7 heteroatoms. The molecule has 0 radical (unpaired) electrons. The van der Waals surface area contributed by atoms with E-state index in [0.29, 0.717) is 22.1 Å². The van der Waals surface area contributed by atoms with E-state index >= 15 is 0 Å². The molecule has 0 fully saturated rings. The van der Waals surface area contributed by atoms with Gasteiger partial charge < -0.3 is 14.8 Å². The predicted octanol–water partition coefficient (Wildman–Crippen LogP) is 3.82. The molecule has 2 amide bonds. The van der Waals surface area contributed by atoms with Gasteiger partial charge in [0.05, 0.1) is 25.5 Å². The molecule has 24 heavy (non-hydrogen) atoms. The van der Waals surface area contributed by atoms with E-state index in [0.717, 1.165) is 11.3 Å². The second-order valence-corrected chi connectivity index (χ2v) is 5.28. The van der Waals surface area contributed by atoms with Gasteiger partial charge in [-0.1, -0.05) is 29.8 Å². The van der Waals surface area contributed by atoms with Crippen molar-refractivity contribution < 1.29 is 14.3 Å². The Morgan fingerprint density at radius 1 is 1.21 bits per heavy atom. The number of rotatable bonds is 5. The van der Waals surface area contributed by atoms with Gasteiger partial charge in [-0.15, -0.1) is 0 Å². The fourth-order valence-corrected chi connectivity index (χ4v) is 2.34. The summed E-state index contributed by atoms with van der Waals surface area (Å²) in [5, 5.41) is 7.00. The van der Waals surface area contributed by atoms with Crippen molar-refractivity contribution in [3.05, 3.63) is 52.5 Å². The summed E-state index contributed by atoms with van der Waals surface area (Å²) in [6.45, 7) is 1.91. The Balaban J connectivity index is 2.02. The second kappa shape index (κ2) is 8.21. The van der Waals surface area contributed by atoms with Crippen LogP contribution >= 0.6 is 11.6 Å². The second-order valence-electron chi connectivity index (χ2n) is 4.88. The summed E-state index contributed by atoms with van der Waals surface area (Å²) in [4.78, 5) is 11.8. The van der Waals surface area contributed by atoms with Crippen molar-refractivity contribution >= 4 is 29.5 Å². The largest absolute Gasteiger partial charge is 0.493 e. The summed E-state index contributed by atoms with van der Waals surface area (Å²) in [5.41, 5.74) is 4.74. The van der Waals surface area contributed by atoms with Gasteiger partial charge in [0.1, 0.15) is 0 Å². The number of halogens is 1. The lowest BCUT2D eigenvalue weighted by atomic mass is 10.2. The summed E-state index contributed by atoms with van der Waals surface area (Å²) in [6.07, 6.45) is 1.46. The minimum atomic E-state index is -0.438. The Hall–Kier alpha value is -2.73. The quantitative estimate of drug-likeness (QED) is 0.638. The Labute approximate surface area is 145 Å². The molecule has 0 aliphatic heterocycles. The molecule has 0 aliphatic rings. The Morgan fingerprint density at radius 3 is 2.62 bits per heavy atom. The van der Waals surface area contributed by atoms with Gasteiger partial charge in [0, 0.05) is 5.69 Å². The lowest BCUT2D eigenvalue weighted by molar-refractivity contribution is 0.252. The molecular formula is C17H18ClN3O3. The van der Waals surface area contributed by atoms with Crippen LogP contribution < -0.4 is 20.2 Å². The van der Waals surface area contributed by atoms with E-state index in [9.17, 15) is 4.79 Å². The molecule has 0 saturated carbocycles. The van der Waals surface area contributed by atoms with Crippen LogP contribution in [0.15, 0.2) is 41.5 Å². The molecule has 2 N–H and O–H groups in total. The zero-order valence-electron chi connectivity index (χ0n) is 13.6. The van der Waals surface area contributed by atoms with E-state index in [1.54, 1.807) is 12.1 Å². The van der Waals surface area contributed by atoms with Crippen LogP contribution in [-0.4, -0.2) is 26.5 Å². The normalized spacial score (nSPS) is 10.5. The predicted molar refractivity (Wildman–Crippen MR) is 95.5 cm³/mol. The van der Waals surface area contributed by atoms with E-state index in [2.05, 4.69) is 15.8 Å². The van der Waals surface area contributed by atoms with Gasteiger partial charge in [0.15, 0.2) is 11.5 Å². The number of urea groups is 1. The van der Waals surface area contributed by atoms with Crippen LogP contribution in [0, 0.1) is 6.92 Å². The van der Waals surface area contributed by atoms with Crippen LogP contribution in [0.1, 0.15) is 11.1 Å². The number of methoxy groups -OCH3 is 2. The summed E-state index contributed by atoms with van der Waals surface area (Å²) in [5.74, 6) is 0.928. The molecule has 0 atom stereocenters. The topological polar surface area (TPSA) is 72.0 Å². The Morgan fingerprint density at radius 2 is 1.96 bits per heavy atom. The molecule has 0 aromatic heterocycles. The number of aryl methyl sites for hydroxylation is 1. The molecule has 0 unspecified atom stereocenters. The van der Waals surface area contributed by atoms with Crippen molar-refractivity contribution in [3.63, 3.8) is 0 Å². The van der Waals surface area contributed by atoms with Gasteiger partial charge >= 0.3 is 6.03 Å². The highest BCUT2D eigenvalue weighted by Gasteiger charge is 2.10. The van der Waals surface area contributed by atoms with Crippen LogP contribution in [0.2, 0.25) is 5.02 Å². The number of ether oxygens (including phenoxy) is 2. The first kappa shape index (κ1) is 17.6. The maximum Gasteiger partial charge on any atom is 0.339 e. The highest BCUT2D eigenvalue weighted by molar-refractivity contribution is 6.32. The average Bonchev–Trinajstić information content (AvgIpc) is 2.56. The average molecular weight is 348 g/mol. The number of benzene rings is 2. The van der Waals surface area contributed by atoms with Gasteiger partial charge in [0.2, 0.25) is 0 Å². The van der Waals surface area contributed by atoms with Crippen LogP contribution in [-0.2, 0) is 0 Å². The third-order valence-corrected chi connectivity index (χ3v) is 3.51. The molecule has 6 nitrogen and oxygen atoms in total. The summed E-state index contributed by atoms with van der Waals surface area (Å²) in [7, 11) is 3.03. The molecule has 126 valence electrons. The van der Waals surface area contributed by atoms with E-state index in [4.69, 9.17) is 21.1 Å². The molecule has 2 rings (SSSR count). The molecule has 0 heterocycles. The number of hydrogen-bond acceptors (Lipinski definition) is 4. The van der Waals surface area contributed by atoms with E-state index in [1.807, 2.05) is 31.2 Å². The molecule has 0 aliphatic carbocycles. The van der Waals surface area contributed by atoms with Crippen LogP contribution in [0.25, 0.3) is 0 Å². The standard InChI is InChI=1S/C17H18ClN3O3/c1-11-6-4-5-7-14(11)20-17(22)21-19-10-12-8-13(18)16(24-3)15(9-12)23-2/h4-10H,1-3H3,(H2,20,21,22). The SMILES string of the molecule is COc1cc(C=NNC(=O)Nc2ccccc2C)cc(Cl)c1OC. The summed E-state index contributed by atoms with van der Waals surface area (Å²) < 4.78 is 10.4. The van der Waals surface area contributed by atoms with Gasteiger partial charge in [0.25, 0.3) is 0 Å². The third-order valence-electron chi connectivity index (χ3n) is 3.23. The van der Waals surface area contributed by atoms with Crippen molar-refractivity contribution in [3.8, 4) is 11.5 Å². The van der Waals surface area contributed by atoms with Gasteiger partial charge in [-0.3, -0.25) is 0 Å². The first-order valence-electron chi connectivity index (χ1n) is 7.12. The van der Waals surface area contributed by atoms with Crippen molar-refractivity contribution in [2.75, 3.05) is 19.5 Å². The number of anilines is 1. The van der Waals surface area contributed by atoms with Crippen molar-refractivity contribution in [2.45, 2.75) is 6.92 Å². The lowest BCUT2D eigenvalue weighted by Gasteiger charge is -2.10. The zero-order chi connectivity index (χ0) is 17.5. The number of nitrogens with zero attached hydrogens (tertiary/aromatic N) is 1. The maximum atomic E-state index is 11.8. The van der Waals surface area contributed by atoms with Gasteiger partial charge in [-0.2, -0.15) is 5.10 Å². The van der Waals surface area contributed by atoms with E-state index in [1.165, 1.54) is 20.4 Å². The minimum absolute atomic E-state index is 0.391. The van der Waals surface area contributed by atoms with Crippen molar-refractivity contribution in [2.24, 2.45) is 5.10 Å². The van der Waals surface area contributed by atoms with Crippen LogP contribution in [0.3, 0.4) is 0 Å². The monoisotopic (exact) mass is 347 g/mol. The molecule has 2 aromatic rings.